The van der Waals surface area contributed by atoms with Crippen molar-refractivity contribution in [2.24, 2.45) is 4.99 Å². The molecule has 0 radical (unpaired) electrons. The number of carbonyl (C=O) groups excluding carboxylic acids is 6. The van der Waals surface area contributed by atoms with Gasteiger partial charge in [0.1, 0.15) is 23.9 Å². The van der Waals surface area contributed by atoms with Gasteiger partial charge in [0.15, 0.2) is 5.96 Å². The van der Waals surface area contributed by atoms with Crippen LogP contribution >= 0.6 is 0 Å². The van der Waals surface area contributed by atoms with Gasteiger partial charge >= 0.3 is 23.9 Å². The number of hydroxylamine groups is 2. The Morgan fingerprint density at radius 3 is 1.55 bits per heavy atom. The number of rotatable bonds is 14. The standard InChI is InChI=1S/C16H15N5O5.C16H21N5O3.C11H8N2O6.C9H12N4O2.C7H5NO4/c22-14(11-3-1-4-12(9-11)21(25)26)20-8-7-19(10-13(20)15(23)24)16-17-5-2-6-18-16;17-12-4-1-3-11(9-12)14(22)21-8-7-20(10-13(21)15(23)24)16-18-5-2-6-19-16;14-9-4-5-10(15)12(9)19-11(16)7-2-1-3-8(6-7)13(17)18;14-8(15)7-6-13(5-4-10-7)9-11-2-1-3-12-9;9-5-12-7-3-1-2-6(4-7)8(10)11/h1-6,9,13H,7-8,10H2,(H,23,24);1,3-4,9,13H,2,5-8,10,17H2,(H,18,19)(H,23,24);1-3,6H,4-5H2;1-3,7,10H,4-6H2,(H,14,15);1-5H. The van der Waals surface area contributed by atoms with E-state index in [0.717, 1.165) is 44.1 Å². The zero-order valence-corrected chi connectivity index (χ0v) is 50.5. The van der Waals surface area contributed by atoms with E-state index in [1.807, 2.05) is 9.80 Å². The van der Waals surface area contributed by atoms with E-state index in [4.69, 9.17) is 10.8 Å². The summed E-state index contributed by atoms with van der Waals surface area (Å²) >= 11 is 0. The number of nitrogens with two attached hydrogens (primary N) is 1. The second-order valence-corrected chi connectivity index (χ2v) is 20.6. The van der Waals surface area contributed by atoms with Crippen molar-refractivity contribution >= 4 is 94.6 Å². The average molecular weight is 1330 g/mol. The highest BCUT2D eigenvalue weighted by atomic mass is 16.7. The third-order valence-electron chi connectivity index (χ3n) is 14.3. The van der Waals surface area contributed by atoms with E-state index >= 15 is 0 Å². The summed E-state index contributed by atoms with van der Waals surface area (Å²) in [5.74, 6) is -4.23. The van der Waals surface area contributed by atoms with E-state index in [1.165, 1.54) is 70.5 Å². The number of carboxylic acids is 3. The summed E-state index contributed by atoms with van der Waals surface area (Å²) < 4.78 is 4.41. The van der Waals surface area contributed by atoms with Crippen molar-refractivity contribution in [3.63, 3.8) is 0 Å². The number of anilines is 3. The van der Waals surface area contributed by atoms with Gasteiger partial charge in [-0.05, 0) is 55.0 Å². The van der Waals surface area contributed by atoms with Crippen molar-refractivity contribution in [1.29, 1.82) is 0 Å². The highest BCUT2D eigenvalue weighted by Gasteiger charge is 2.39. The molecule has 96 heavy (non-hydrogen) atoms. The molecule has 0 saturated carbocycles. The van der Waals surface area contributed by atoms with Gasteiger partial charge in [0.2, 0.25) is 11.9 Å². The Kier molecular flexibility index (Phi) is 25.1. The molecule has 0 bridgehead atoms. The van der Waals surface area contributed by atoms with Crippen molar-refractivity contribution in [3.8, 4) is 5.75 Å². The molecule has 6 aromatic rings. The fraction of sp³-hybridized carbons (Fsp3) is 0.288. The first kappa shape index (κ1) is 70.8. The molecule has 7 heterocycles. The van der Waals surface area contributed by atoms with Crippen molar-refractivity contribution in [2.45, 2.75) is 37.4 Å². The molecule has 37 nitrogen and oxygen atoms in total. The van der Waals surface area contributed by atoms with Gasteiger partial charge in [0.25, 0.3) is 47.2 Å². The summed E-state index contributed by atoms with van der Waals surface area (Å²) in [7, 11) is 0. The third-order valence-corrected chi connectivity index (χ3v) is 14.3. The van der Waals surface area contributed by atoms with Crippen LogP contribution in [0.1, 0.15) is 50.3 Å². The number of non-ortho nitro benzene ring substituents is 3. The summed E-state index contributed by atoms with van der Waals surface area (Å²) in [6.07, 6.45) is 7.36. The maximum absolute atomic E-state index is 12.7. The first-order chi connectivity index (χ1) is 46.0. The number of guanidine groups is 1. The fourth-order valence-corrected chi connectivity index (χ4v) is 9.61. The lowest BCUT2D eigenvalue weighted by atomic mass is 10.1. The number of nitro benzene ring substituents is 3. The van der Waals surface area contributed by atoms with Crippen LogP contribution in [-0.2, 0) is 33.6 Å². The quantitative estimate of drug-likeness (QED) is 0.0298. The number of benzene rings is 4. The van der Waals surface area contributed by atoms with Crippen molar-refractivity contribution in [2.75, 3.05) is 87.5 Å². The summed E-state index contributed by atoms with van der Waals surface area (Å²) in [6.45, 7) is 5.17. The van der Waals surface area contributed by atoms with Crippen molar-refractivity contribution in [1.82, 2.24) is 50.3 Å². The molecular formula is C59H61N17O20. The Hall–Kier alpha value is -12.7. The van der Waals surface area contributed by atoms with Gasteiger partial charge in [-0.3, -0.25) is 64.1 Å². The number of amides is 4. The number of nitrogens with one attached hydrogen (secondary N) is 2. The van der Waals surface area contributed by atoms with Gasteiger partial charge in [-0.25, -0.2) is 34.3 Å². The Labute approximate surface area is 542 Å². The molecule has 0 spiro atoms. The molecule has 502 valence electrons. The molecule has 4 aromatic carbocycles. The van der Waals surface area contributed by atoms with Gasteiger partial charge < -0.3 is 65.8 Å². The van der Waals surface area contributed by atoms with Gasteiger partial charge in [-0.1, -0.05) is 24.3 Å². The largest absolute Gasteiger partial charge is 0.480 e. The van der Waals surface area contributed by atoms with E-state index < -0.39 is 74.5 Å². The minimum absolute atomic E-state index is 0.0128. The molecule has 4 fully saturated rings. The van der Waals surface area contributed by atoms with Gasteiger partial charge in [-0.2, -0.15) is 0 Å². The summed E-state index contributed by atoms with van der Waals surface area (Å²) in [5.41, 5.74) is 5.96. The van der Waals surface area contributed by atoms with Crippen LogP contribution in [0.2, 0.25) is 0 Å². The number of nitro groups is 3. The number of carboxylic acid groups (broad SMARTS) is 3. The van der Waals surface area contributed by atoms with Crippen molar-refractivity contribution in [3.05, 3.63) is 181 Å². The molecule has 7 N–H and O–H groups in total. The Morgan fingerprint density at radius 1 is 0.573 bits per heavy atom. The molecule has 11 rings (SSSR count). The number of nitrogen functional groups attached to an aromatic ring is 1. The predicted octanol–water partition coefficient (Wildman–Crippen LogP) is 1.91. The maximum atomic E-state index is 12.7. The number of ether oxygens (including phenoxy) is 1. The Bertz CT molecular complexity index is 3860. The molecule has 37 heteroatoms. The molecule has 5 aliphatic heterocycles. The van der Waals surface area contributed by atoms with Crippen LogP contribution in [0.4, 0.5) is 34.6 Å². The molecular weight excluding hydrogens is 1270 g/mol. The van der Waals surface area contributed by atoms with Crippen LogP contribution in [-0.4, -0.2) is 220 Å². The molecule has 5 aliphatic rings. The first-order valence-electron chi connectivity index (χ1n) is 28.9. The number of aliphatic carboxylic acids is 3. The predicted molar refractivity (Wildman–Crippen MR) is 333 cm³/mol. The SMILES string of the molecule is Nc1cccc(C(=O)N2CCN(C3=NCCCN3)CC2C(=O)O)c1.O=C(O)C1CN(c2ncccn2)CCN1.O=C(O)C1CN(c2ncccn2)CCN1C(=O)c1cccc([N+](=O)[O-])c1.O=C(ON1C(=O)CCC1=O)c1cccc([N+](=O)[O-])c1.O=COc1cccc([N+](=O)[O-])c1. The van der Waals surface area contributed by atoms with E-state index in [1.54, 1.807) is 66.1 Å². The smallest absolute Gasteiger partial charge is 0.364 e. The first-order valence-corrected chi connectivity index (χ1v) is 28.9. The second-order valence-electron chi connectivity index (χ2n) is 20.6. The lowest BCUT2D eigenvalue weighted by Gasteiger charge is -2.41. The fourth-order valence-electron chi connectivity index (χ4n) is 9.61. The normalized spacial score (nSPS) is 17.2. The minimum Gasteiger partial charge on any atom is -0.480 e. The molecule has 4 saturated heterocycles. The number of hydrogen-bond acceptors (Lipinski definition) is 28. The van der Waals surface area contributed by atoms with Gasteiger partial charge in [0.05, 0.1) is 39.5 Å². The van der Waals surface area contributed by atoms with Crippen LogP contribution < -0.4 is 30.9 Å². The summed E-state index contributed by atoms with van der Waals surface area (Å²) in [5, 5.41) is 66.2. The number of piperazine rings is 3. The van der Waals surface area contributed by atoms with E-state index in [9.17, 15) is 83.7 Å². The van der Waals surface area contributed by atoms with E-state index in [-0.39, 0.29) is 78.8 Å². The lowest BCUT2D eigenvalue weighted by Crippen LogP contribution is -2.61. The Morgan fingerprint density at radius 2 is 1.05 bits per heavy atom. The van der Waals surface area contributed by atoms with Gasteiger partial charge in [-0.15, -0.1) is 5.06 Å². The number of imide groups is 1. The minimum atomic E-state index is -1.16. The number of carbonyl (C=O) groups is 9. The Balaban J connectivity index is 0.000000174. The molecule has 3 unspecified atom stereocenters. The molecule has 0 aliphatic carbocycles. The van der Waals surface area contributed by atoms with Crippen LogP contribution in [0.3, 0.4) is 0 Å². The summed E-state index contributed by atoms with van der Waals surface area (Å²) in [4.78, 5) is 167. The monoisotopic (exact) mass is 1330 g/mol. The van der Waals surface area contributed by atoms with Crippen LogP contribution in [0.5, 0.6) is 5.75 Å². The van der Waals surface area contributed by atoms with Crippen LogP contribution in [0.15, 0.2) is 139 Å². The molecule has 2 aromatic heterocycles. The average Bonchev–Trinajstić information content (AvgIpc) is 0.970. The number of nitrogens with zero attached hydrogens (tertiary/aromatic N) is 14. The van der Waals surface area contributed by atoms with Gasteiger partial charge in [0, 0.05) is 144 Å². The number of aromatic nitrogens is 4. The van der Waals surface area contributed by atoms with E-state index in [2.05, 4.69) is 45.1 Å². The highest BCUT2D eigenvalue weighted by Crippen LogP contribution is 2.23. The van der Waals surface area contributed by atoms with Crippen LogP contribution in [0.25, 0.3) is 0 Å². The maximum Gasteiger partial charge on any atom is 0.364 e. The van der Waals surface area contributed by atoms with Crippen LogP contribution in [0, 0.1) is 30.3 Å². The second kappa shape index (κ2) is 34.1. The lowest BCUT2D eigenvalue weighted by molar-refractivity contribution is -0.385. The molecule has 3 atom stereocenters. The molecule has 4 amide bonds. The zero-order chi connectivity index (χ0) is 69.4. The third kappa shape index (κ3) is 19.7. The zero-order valence-electron chi connectivity index (χ0n) is 50.5. The van der Waals surface area contributed by atoms with E-state index in [0.29, 0.717) is 60.9 Å². The summed E-state index contributed by atoms with van der Waals surface area (Å²) in [6, 6.07) is 22.9. The van der Waals surface area contributed by atoms with Crippen molar-refractivity contribution < 1.29 is 82.8 Å². The highest BCUT2D eigenvalue weighted by molar-refractivity contribution is 6.03. The number of hydrogen-bond donors (Lipinski definition) is 6. The number of aliphatic imine (C=N–C) groups is 1. The topological polar surface area (TPSA) is 496 Å².